The molecule has 2 nitrogen and oxygen atoms in total. The summed E-state index contributed by atoms with van der Waals surface area (Å²) >= 11 is 0. The minimum absolute atomic E-state index is 0.644. The van der Waals surface area contributed by atoms with Gasteiger partial charge >= 0.3 is 0 Å². The molecule has 0 N–H and O–H groups in total. The van der Waals surface area contributed by atoms with Gasteiger partial charge in [0.05, 0.1) is 0 Å². The van der Waals surface area contributed by atoms with Crippen LogP contribution in [-0.2, 0) is 0 Å². The molecule has 0 saturated carbocycles. The van der Waals surface area contributed by atoms with Crippen molar-refractivity contribution in [3.8, 4) is 0 Å². The van der Waals surface area contributed by atoms with E-state index >= 15 is 0 Å². The van der Waals surface area contributed by atoms with Crippen molar-refractivity contribution < 1.29 is 0 Å². The third kappa shape index (κ3) is 3.20. The SMILES string of the molecule is C=Cc1cc(C)cnc1N=C.CC. The van der Waals surface area contributed by atoms with Crippen molar-refractivity contribution in [1.29, 1.82) is 0 Å². The third-order valence-electron chi connectivity index (χ3n) is 1.40. The first-order valence-electron chi connectivity index (χ1n) is 4.33. The number of aryl methyl sites for hydroxylation is 1. The third-order valence-corrected chi connectivity index (χ3v) is 1.40. The smallest absolute Gasteiger partial charge is 0.158 e. The Morgan fingerprint density at radius 1 is 1.46 bits per heavy atom. The van der Waals surface area contributed by atoms with Gasteiger partial charge in [0, 0.05) is 11.8 Å². The molecule has 1 heterocycles. The Labute approximate surface area is 80.1 Å². The first-order chi connectivity index (χ1) is 6.27. The molecule has 0 bridgehead atoms. The molecule has 0 saturated heterocycles. The quantitative estimate of drug-likeness (QED) is 0.634. The molecule has 0 spiro atoms. The summed E-state index contributed by atoms with van der Waals surface area (Å²) in [6, 6.07) is 1.98. The van der Waals surface area contributed by atoms with Gasteiger partial charge in [-0.05, 0) is 25.3 Å². The van der Waals surface area contributed by atoms with Gasteiger partial charge in [0.15, 0.2) is 5.82 Å². The van der Waals surface area contributed by atoms with Crippen LogP contribution in [0.15, 0.2) is 23.8 Å². The van der Waals surface area contributed by atoms with Gasteiger partial charge in [0.2, 0.25) is 0 Å². The zero-order valence-electron chi connectivity index (χ0n) is 8.54. The summed E-state index contributed by atoms with van der Waals surface area (Å²) in [5.41, 5.74) is 2.03. The molecule has 2 heteroatoms. The van der Waals surface area contributed by atoms with Crippen LogP contribution >= 0.6 is 0 Å². The lowest BCUT2D eigenvalue weighted by atomic mass is 10.2. The molecular weight excluding hydrogens is 160 g/mol. The highest BCUT2D eigenvalue weighted by Gasteiger charge is 1.96. The van der Waals surface area contributed by atoms with Crippen LogP contribution in [0.2, 0.25) is 0 Å². The summed E-state index contributed by atoms with van der Waals surface area (Å²) in [5.74, 6) is 0.644. The summed E-state index contributed by atoms with van der Waals surface area (Å²) in [6.07, 6.45) is 3.49. The Balaban J connectivity index is 0.000000671. The molecular formula is C11H16N2. The summed E-state index contributed by atoms with van der Waals surface area (Å²) in [6.45, 7) is 13.0. The number of hydrogen-bond donors (Lipinski definition) is 0. The molecule has 70 valence electrons. The van der Waals surface area contributed by atoms with Crippen molar-refractivity contribution in [2.45, 2.75) is 20.8 Å². The monoisotopic (exact) mass is 176 g/mol. The van der Waals surface area contributed by atoms with Crippen molar-refractivity contribution >= 4 is 18.6 Å². The molecule has 0 fully saturated rings. The highest BCUT2D eigenvalue weighted by Crippen LogP contribution is 2.16. The number of rotatable bonds is 2. The fraction of sp³-hybridized carbons (Fsp3) is 0.273. The Morgan fingerprint density at radius 3 is 2.54 bits per heavy atom. The lowest BCUT2D eigenvalue weighted by molar-refractivity contribution is 1.23. The van der Waals surface area contributed by atoms with E-state index in [-0.39, 0.29) is 0 Å². The Kier molecular flexibility index (Phi) is 5.44. The van der Waals surface area contributed by atoms with Gasteiger partial charge in [-0.25, -0.2) is 9.98 Å². The van der Waals surface area contributed by atoms with E-state index in [4.69, 9.17) is 0 Å². The van der Waals surface area contributed by atoms with Crippen molar-refractivity contribution in [3.05, 3.63) is 30.0 Å². The zero-order chi connectivity index (χ0) is 10.3. The molecule has 1 aromatic rings. The number of nitrogens with zero attached hydrogens (tertiary/aromatic N) is 2. The van der Waals surface area contributed by atoms with Crippen molar-refractivity contribution in [1.82, 2.24) is 4.98 Å². The summed E-state index contributed by atoms with van der Waals surface area (Å²) < 4.78 is 0. The maximum absolute atomic E-state index is 4.07. The molecule has 0 aliphatic heterocycles. The summed E-state index contributed by atoms with van der Waals surface area (Å²) in [5, 5.41) is 0. The predicted molar refractivity (Wildman–Crippen MR) is 59.6 cm³/mol. The van der Waals surface area contributed by atoms with Crippen LogP contribution in [0.1, 0.15) is 25.0 Å². The summed E-state index contributed by atoms with van der Waals surface area (Å²) in [7, 11) is 0. The normalized spacial score (nSPS) is 8.23. The second-order valence-corrected chi connectivity index (χ2v) is 2.29. The van der Waals surface area contributed by atoms with E-state index in [0.717, 1.165) is 11.1 Å². The van der Waals surface area contributed by atoms with Crippen LogP contribution in [0.5, 0.6) is 0 Å². The summed E-state index contributed by atoms with van der Waals surface area (Å²) in [4.78, 5) is 7.82. The van der Waals surface area contributed by atoms with Gasteiger partial charge in [0.25, 0.3) is 0 Å². The van der Waals surface area contributed by atoms with Gasteiger partial charge < -0.3 is 0 Å². The largest absolute Gasteiger partial charge is 0.245 e. The van der Waals surface area contributed by atoms with E-state index in [1.165, 1.54) is 0 Å². The maximum Gasteiger partial charge on any atom is 0.158 e. The number of aromatic nitrogens is 1. The minimum Gasteiger partial charge on any atom is -0.245 e. The van der Waals surface area contributed by atoms with E-state index in [1.807, 2.05) is 26.8 Å². The fourth-order valence-corrected chi connectivity index (χ4v) is 0.867. The van der Waals surface area contributed by atoms with Crippen molar-refractivity contribution in [2.24, 2.45) is 4.99 Å². The average molecular weight is 176 g/mol. The Morgan fingerprint density at radius 2 is 2.08 bits per heavy atom. The molecule has 0 atom stereocenters. The van der Waals surface area contributed by atoms with E-state index in [0.29, 0.717) is 5.82 Å². The minimum atomic E-state index is 0.644. The van der Waals surface area contributed by atoms with Gasteiger partial charge in [-0.15, -0.1) is 0 Å². The first kappa shape index (κ1) is 11.6. The van der Waals surface area contributed by atoms with Gasteiger partial charge in [-0.2, -0.15) is 0 Å². The van der Waals surface area contributed by atoms with Crippen molar-refractivity contribution in [2.75, 3.05) is 0 Å². The zero-order valence-corrected chi connectivity index (χ0v) is 8.54. The average Bonchev–Trinajstić information content (AvgIpc) is 2.20. The van der Waals surface area contributed by atoms with Crippen molar-refractivity contribution in [3.63, 3.8) is 0 Å². The van der Waals surface area contributed by atoms with Gasteiger partial charge in [0.1, 0.15) is 0 Å². The van der Waals surface area contributed by atoms with Crippen LogP contribution in [-0.4, -0.2) is 11.7 Å². The molecule has 0 amide bonds. The topological polar surface area (TPSA) is 25.2 Å². The molecule has 0 aliphatic carbocycles. The molecule has 0 radical (unpaired) electrons. The fourth-order valence-electron chi connectivity index (χ4n) is 0.867. The molecule has 0 aliphatic rings. The highest BCUT2D eigenvalue weighted by atomic mass is 14.9. The van der Waals surface area contributed by atoms with Crippen LogP contribution in [0.3, 0.4) is 0 Å². The van der Waals surface area contributed by atoms with Gasteiger partial charge in [-0.3, -0.25) is 0 Å². The second kappa shape index (κ2) is 6.12. The molecule has 0 unspecified atom stereocenters. The Hall–Kier alpha value is -1.44. The molecule has 0 aromatic carbocycles. The number of aliphatic imine (C=N–C) groups is 1. The predicted octanol–water partition coefficient (Wildman–Crippen LogP) is 3.39. The highest BCUT2D eigenvalue weighted by molar-refractivity contribution is 5.61. The lowest BCUT2D eigenvalue weighted by Gasteiger charge is -1.98. The maximum atomic E-state index is 4.07. The van der Waals surface area contributed by atoms with E-state index < -0.39 is 0 Å². The number of pyridine rings is 1. The molecule has 13 heavy (non-hydrogen) atoms. The first-order valence-corrected chi connectivity index (χ1v) is 4.33. The van der Waals surface area contributed by atoms with Crippen LogP contribution in [0.25, 0.3) is 6.08 Å². The number of hydrogen-bond acceptors (Lipinski definition) is 2. The second-order valence-electron chi connectivity index (χ2n) is 2.29. The lowest BCUT2D eigenvalue weighted by Crippen LogP contribution is -1.81. The van der Waals surface area contributed by atoms with Crippen LogP contribution in [0.4, 0.5) is 5.82 Å². The van der Waals surface area contributed by atoms with Crippen LogP contribution < -0.4 is 0 Å². The Bertz CT molecular complexity index is 290. The van der Waals surface area contributed by atoms with E-state index in [2.05, 4.69) is 23.3 Å². The van der Waals surface area contributed by atoms with Gasteiger partial charge in [-0.1, -0.05) is 26.5 Å². The standard InChI is InChI=1S/C9H10N2.C2H6/c1-4-8-5-7(2)6-11-9(8)10-3;1-2/h4-6H,1,3H2,2H3;1-2H3. The van der Waals surface area contributed by atoms with E-state index in [9.17, 15) is 0 Å². The molecule has 1 aromatic heterocycles. The molecule has 1 rings (SSSR count). The van der Waals surface area contributed by atoms with Crippen LogP contribution in [0, 0.1) is 6.92 Å². The van der Waals surface area contributed by atoms with E-state index in [1.54, 1.807) is 12.3 Å².